The molecular formula is C23H23FN2O2. The first kappa shape index (κ1) is 19.9. The molecule has 3 rings (SSSR count). The second-order valence-electron chi connectivity index (χ2n) is 7.32. The van der Waals surface area contributed by atoms with Crippen molar-refractivity contribution in [2.75, 3.05) is 0 Å². The summed E-state index contributed by atoms with van der Waals surface area (Å²) in [6.45, 7) is 9.55. The highest BCUT2D eigenvalue weighted by molar-refractivity contribution is 5.91. The van der Waals surface area contributed by atoms with Gasteiger partial charge in [-0.05, 0) is 43.0 Å². The van der Waals surface area contributed by atoms with Gasteiger partial charge in [-0.1, -0.05) is 43.3 Å². The molecule has 2 aromatic rings. The second kappa shape index (κ2) is 8.04. The van der Waals surface area contributed by atoms with E-state index in [0.717, 1.165) is 27.9 Å². The predicted octanol–water partition coefficient (Wildman–Crippen LogP) is 3.94. The Morgan fingerprint density at radius 2 is 2.21 bits per heavy atom. The summed E-state index contributed by atoms with van der Waals surface area (Å²) in [5.41, 5.74) is 5.25. The van der Waals surface area contributed by atoms with Gasteiger partial charge in [-0.25, -0.2) is 9.38 Å². The summed E-state index contributed by atoms with van der Waals surface area (Å²) in [5, 5.41) is 9.57. The van der Waals surface area contributed by atoms with Crippen LogP contribution in [0.4, 0.5) is 4.39 Å². The Labute approximate surface area is 164 Å². The third-order valence-electron chi connectivity index (χ3n) is 5.22. The van der Waals surface area contributed by atoms with Crippen LogP contribution in [0.5, 0.6) is 0 Å². The number of alkyl halides is 1. The number of aliphatic hydroxyl groups is 1. The van der Waals surface area contributed by atoms with Crippen molar-refractivity contribution >= 4 is 12.1 Å². The first-order valence-electron chi connectivity index (χ1n) is 9.23. The molecule has 0 radical (unpaired) electrons. The Kier molecular flexibility index (Phi) is 5.71. The van der Waals surface area contributed by atoms with Crippen molar-refractivity contribution in [3.05, 3.63) is 65.5 Å². The number of aryl methyl sites for hydroxylation is 2. The number of halogens is 1. The topological polar surface area (TPSA) is 62.5 Å². The van der Waals surface area contributed by atoms with Crippen LogP contribution in [0.3, 0.4) is 0 Å². The summed E-state index contributed by atoms with van der Waals surface area (Å²) in [6.07, 6.45) is 0.420. The zero-order valence-corrected chi connectivity index (χ0v) is 16.2. The number of amides is 1. The average molecular weight is 378 g/mol. The summed E-state index contributed by atoms with van der Waals surface area (Å²) in [4.78, 5) is 20.5. The summed E-state index contributed by atoms with van der Waals surface area (Å²) in [6, 6.07) is 12.0. The molecule has 4 nitrogen and oxygen atoms in total. The van der Waals surface area contributed by atoms with Gasteiger partial charge < -0.3 is 5.11 Å². The minimum absolute atomic E-state index is 0.103. The van der Waals surface area contributed by atoms with Gasteiger partial charge in [0.1, 0.15) is 6.17 Å². The van der Waals surface area contributed by atoms with E-state index in [4.69, 9.17) is 0 Å². The van der Waals surface area contributed by atoms with Gasteiger partial charge >= 0.3 is 0 Å². The molecule has 5 heteroatoms. The van der Waals surface area contributed by atoms with E-state index >= 15 is 0 Å². The van der Waals surface area contributed by atoms with E-state index in [9.17, 15) is 14.3 Å². The highest BCUT2D eigenvalue weighted by atomic mass is 19.1. The molecule has 1 aliphatic carbocycles. The van der Waals surface area contributed by atoms with Crippen LogP contribution in [0.25, 0.3) is 11.1 Å². The van der Waals surface area contributed by atoms with Crippen LogP contribution in [-0.2, 0) is 4.79 Å². The molecule has 144 valence electrons. The minimum Gasteiger partial charge on any atom is -0.390 e. The van der Waals surface area contributed by atoms with E-state index < -0.39 is 24.1 Å². The lowest BCUT2D eigenvalue weighted by Crippen LogP contribution is -2.26. The molecule has 1 N–H and O–H groups in total. The second-order valence-corrected chi connectivity index (χ2v) is 7.32. The zero-order chi connectivity index (χ0) is 20.4. The highest BCUT2D eigenvalue weighted by Crippen LogP contribution is 2.34. The number of hydrogen-bond donors (Lipinski definition) is 1. The molecule has 28 heavy (non-hydrogen) atoms. The number of benzene rings is 1. The largest absolute Gasteiger partial charge is 0.390 e. The molecule has 0 saturated heterocycles. The Hall–Kier alpha value is -2.84. The van der Waals surface area contributed by atoms with E-state index in [1.807, 2.05) is 39.0 Å². The monoisotopic (exact) mass is 378 g/mol. The Bertz CT molecular complexity index is 938. The van der Waals surface area contributed by atoms with Crippen molar-refractivity contribution in [3.8, 4) is 11.1 Å². The van der Waals surface area contributed by atoms with Crippen LogP contribution in [0.2, 0.25) is 0 Å². The van der Waals surface area contributed by atoms with Crippen molar-refractivity contribution in [1.29, 1.82) is 0 Å². The van der Waals surface area contributed by atoms with Crippen LogP contribution in [0.15, 0.2) is 41.5 Å². The number of carbonyl (C=O) groups excluding carboxylic acids is 1. The molecule has 1 saturated carbocycles. The number of hydrogen-bond acceptors (Lipinski definition) is 3. The third-order valence-corrected chi connectivity index (χ3v) is 5.22. The number of rotatable bonds is 4. The SMILES string of the molecule is C=C1C[C@H](O)[C@H](F)C1C(=O)N=C[C@@H](C)c1ccc(-c2c#ccnc2C)cc1C. The summed E-state index contributed by atoms with van der Waals surface area (Å²) >= 11 is 0. The fraction of sp³-hybridized carbons (Fsp3) is 0.348. The van der Waals surface area contributed by atoms with E-state index in [0.29, 0.717) is 5.57 Å². The van der Waals surface area contributed by atoms with Crippen LogP contribution < -0.4 is 0 Å². The average Bonchev–Trinajstić information content (AvgIpc) is 2.91. The van der Waals surface area contributed by atoms with Gasteiger partial charge in [0.15, 0.2) is 0 Å². The molecule has 1 amide bonds. The molecule has 1 heterocycles. The van der Waals surface area contributed by atoms with Crippen LogP contribution >= 0.6 is 0 Å². The maximum atomic E-state index is 14.0. The molecule has 1 aromatic carbocycles. The maximum Gasteiger partial charge on any atom is 0.255 e. The molecular weight excluding hydrogens is 355 g/mol. The minimum atomic E-state index is -1.63. The number of aromatic nitrogens is 1. The van der Waals surface area contributed by atoms with Crippen molar-refractivity contribution in [2.24, 2.45) is 10.9 Å². The summed E-state index contributed by atoms with van der Waals surface area (Å²) in [5.74, 6) is -1.77. The Morgan fingerprint density at radius 1 is 1.46 bits per heavy atom. The fourth-order valence-electron chi connectivity index (χ4n) is 3.62. The van der Waals surface area contributed by atoms with Gasteiger partial charge in [0.2, 0.25) is 0 Å². The van der Waals surface area contributed by atoms with E-state index in [2.05, 4.69) is 28.7 Å². The molecule has 1 aliphatic rings. The lowest BCUT2D eigenvalue weighted by Gasteiger charge is -2.13. The Balaban J connectivity index is 1.77. The van der Waals surface area contributed by atoms with Crippen LogP contribution in [-0.4, -0.2) is 34.5 Å². The first-order chi connectivity index (χ1) is 13.3. The maximum absolute atomic E-state index is 14.0. The van der Waals surface area contributed by atoms with E-state index in [-0.39, 0.29) is 12.3 Å². The van der Waals surface area contributed by atoms with Gasteiger partial charge in [-0.3, -0.25) is 9.78 Å². The van der Waals surface area contributed by atoms with E-state index in [1.54, 1.807) is 6.20 Å². The number of aliphatic imine (C=N–C) groups is 1. The highest BCUT2D eigenvalue weighted by Gasteiger charge is 2.42. The van der Waals surface area contributed by atoms with E-state index in [1.165, 1.54) is 6.21 Å². The van der Waals surface area contributed by atoms with Crippen molar-refractivity contribution in [2.45, 2.75) is 45.4 Å². The molecule has 0 aliphatic heterocycles. The normalized spacial score (nSPS) is 23.0. The van der Waals surface area contributed by atoms with Gasteiger partial charge in [0.25, 0.3) is 5.91 Å². The molecule has 0 spiro atoms. The lowest BCUT2D eigenvalue weighted by atomic mass is 9.93. The molecule has 1 fully saturated rings. The third kappa shape index (κ3) is 3.88. The van der Waals surface area contributed by atoms with Gasteiger partial charge in [-0.15, -0.1) is 0 Å². The van der Waals surface area contributed by atoms with Crippen LogP contribution in [0, 0.1) is 31.9 Å². The van der Waals surface area contributed by atoms with Crippen molar-refractivity contribution < 1.29 is 14.3 Å². The van der Waals surface area contributed by atoms with Crippen molar-refractivity contribution in [1.82, 2.24) is 4.98 Å². The van der Waals surface area contributed by atoms with Crippen molar-refractivity contribution in [3.63, 3.8) is 0 Å². The lowest BCUT2D eigenvalue weighted by molar-refractivity contribution is -0.122. The number of aliphatic hydroxyl groups excluding tert-OH is 1. The first-order valence-corrected chi connectivity index (χ1v) is 9.23. The van der Waals surface area contributed by atoms with Gasteiger partial charge in [0.05, 0.1) is 29.5 Å². The fourth-order valence-corrected chi connectivity index (χ4v) is 3.62. The summed E-state index contributed by atoms with van der Waals surface area (Å²) in [7, 11) is 0. The zero-order valence-electron chi connectivity index (χ0n) is 16.2. The standard InChI is InChI=1S/C23H23FN2O2/c1-13-10-17(19-6-5-9-25-16(19)4)7-8-18(13)15(3)12-26-23(28)21-14(2)11-20(27)22(21)24/h7-10,12,15,20-22,27H,2,11H2,1,3-4H3/t15-,20+,21?,22+/m1/s1. The van der Waals surface area contributed by atoms with Gasteiger partial charge in [-0.2, -0.15) is 0 Å². The van der Waals surface area contributed by atoms with Crippen LogP contribution in [0.1, 0.15) is 36.1 Å². The number of carbonyl (C=O) groups is 1. The van der Waals surface area contributed by atoms with Gasteiger partial charge in [0, 0.05) is 12.1 Å². The Morgan fingerprint density at radius 3 is 2.82 bits per heavy atom. The summed E-state index contributed by atoms with van der Waals surface area (Å²) < 4.78 is 14.0. The molecule has 4 atom stereocenters. The quantitative estimate of drug-likeness (QED) is 0.647. The number of nitrogens with zero attached hydrogens (tertiary/aromatic N) is 2. The smallest absolute Gasteiger partial charge is 0.255 e. The molecule has 0 bridgehead atoms. The molecule has 1 aromatic heterocycles. The predicted molar refractivity (Wildman–Crippen MR) is 107 cm³/mol. The molecule has 1 unspecified atom stereocenters.